The van der Waals surface area contributed by atoms with Crippen LogP contribution in [0.3, 0.4) is 0 Å². The van der Waals surface area contributed by atoms with E-state index in [2.05, 4.69) is 0 Å². The van der Waals surface area contributed by atoms with E-state index in [-0.39, 0.29) is 33.8 Å². The van der Waals surface area contributed by atoms with Gasteiger partial charge in [0.1, 0.15) is 0 Å². The van der Waals surface area contributed by atoms with Crippen LogP contribution >= 0.6 is 0 Å². The Kier molecular flexibility index (Phi) is 122. The molecule has 0 aromatic heterocycles. The van der Waals surface area contributed by atoms with Gasteiger partial charge in [-0.05, 0) is 0 Å². The van der Waals surface area contributed by atoms with E-state index in [9.17, 15) is 0 Å². The van der Waals surface area contributed by atoms with Gasteiger partial charge in [-0.2, -0.15) is 0 Å². The molecular weight excluding hydrogens is 157 g/mol. The summed E-state index contributed by atoms with van der Waals surface area (Å²) in [6.45, 7) is 0. The van der Waals surface area contributed by atoms with Gasteiger partial charge < -0.3 is 0 Å². The average Bonchev–Trinajstić information content (AvgIpc) is 1.00. The molecule has 26 valence electrons. The van der Waals surface area contributed by atoms with Crippen LogP contribution in [0, 0.1) is 0 Å². The third-order valence-electron chi connectivity index (χ3n) is 0. The van der Waals surface area contributed by atoms with Crippen molar-refractivity contribution in [2.24, 2.45) is 0 Å². The fraction of sp³-hybridized carbons (Fsp3) is 0. The average molecular weight is 158 g/mol. The monoisotopic (exact) mass is 158 g/mol. The van der Waals surface area contributed by atoms with Gasteiger partial charge in [0.05, 0.1) is 0 Å². The molecule has 0 rings (SSSR count). The van der Waals surface area contributed by atoms with Crippen LogP contribution in [-0.4, -0.2) is 16.2 Å². The minimum absolute atomic E-state index is 0. The first kappa shape index (κ1) is 18.3. The van der Waals surface area contributed by atoms with Crippen LogP contribution in [0.15, 0.2) is 0 Å². The number of hydrogen-bond donors (Lipinski definition) is 0. The zero-order chi connectivity index (χ0) is 2.00. The Hall–Kier alpha value is 1.36. The molecule has 1 nitrogen and oxygen atoms in total. The summed E-state index contributed by atoms with van der Waals surface area (Å²) in [5.74, 6) is 0. The third-order valence-corrected chi connectivity index (χ3v) is 0. The standard InChI is InChI=1S/Al.Co.Mn.O.H. The molecule has 0 amide bonds. The fourth-order valence-electron chi connectivity index (χ4n) is 0. The van der Waals surface area contributed by atoms with Crippen LogP contribution in [-0.2, 0) is 37.7 Å². The molecule has 0 saturated heterocycles. The Labute approximate surface area is 53.8 Å². The molecule has 0 saturated carbocycles. The second kappa shape index (κ2) is 26.6. The van der Waals surface area contributed by atoms with Gasteiger partial charge in [-0.25, -0.2) is 0 Å². The molecule has 0 aromatic carbocycles. The van der Waals surface area contributed by atoms with E-state index in [0.717, 1.165) is 0 Å². The Morgan fingerprint density at radius 3 is 1.25 bits per heavy atom. The number of hydrogen-bond acceptors (Lipinski definition) is 1. The molecule has 0 heterocycles. The van der Waals surface area contributed by atoms with Crippen LogP contribution in [0.1, 0.15) is 0 Å². The fourth-order valence-corrected chi connectivity index (χ4v) is 0. The summed E-state index contributed by atoms with van der Waals surface area (Å²) in [4.78, 5) is 0. The third kappa shape index (κ3) is 10.1. The van der Waals surface area contributed by atoms with Gasteiger partial charge in [-0.3, -0.25) is 0 Å². The molecule has 0 N–H and O–H groups in total. The molecule has 4 heavy (non-hydrogen) atoms. The Bertz CT molecular complexity index is 8.00. The first-order valence-electron chi connectivity index (χ1n) is 0.289. The Balaban J connectivity index is -0.00000000500. The molecule has 0 spiro atoms. The summed E-state index contributed by atoms with van der Waals surface area (Å²) >= 11 is 0.611. The molecule has 0 aromatic rings. The second-order valence-corrected chi connectivity index (χ2v) is 0. The normalized spacial score (nSPS) is 0.750. The van der Waals surface area contributed by atoms with Crippen molar-refractivity contribution in [3.8, 4) is 0 Å². The Morgan fingerprint density at radius 2 is 1.25 bits per heavy atom. The van der Waals surface area contributed by atoms with Crippen LogP contribution in [0.4, 0.5) is 0 Å². The van der Waals surface area contributed by atoms with E-state index in [4.69, 9.17) is 3.80 Å². The zero-order valence-electron chi connectivity index (χ0n) is 1.83. The quantitative estimate of drug-likeness (QED) is 0.423. The van der Waals surface area contributed by atoms with Gasteiger partial charge >= 0.3 is 20.0 Å². The van der Waals surface area contributed by atoms with Gasteiger partial charge in [0.2, 0.25) is 0 Å². The van der Waals surface area contributed by atoms with Gasteiger partial charge in [-0.1, -0.05) is 0 Å². The SMILES string of the molecule is [Co].[Mn].[O]=[AlH]. The predicted molar refractivity (Wildman–Crippen MR) is 7.84 cm³/mol. The van der Waals surface area contributed by atoms with Crippen molar-refractivity contribution in [1.82, 2.24) is 0 Å². The molecule has 0 aliphatic heterocycles. The van der Waals surface area contributed by atoms with Crippen molar-refractivity contribution in [2.45, 2.75) is 0 Å². The van der Waals surface area contributed by atoms with Crippen molar-refractivity contribution >= 4 is 16.2 Å². The van der Waals surface area contributed by atoms with Gasteiger partial charge in [0.15, 0.2) is 0 Å². The summed E-state index contributed by atoms with van der Waals surface area (Å²) in [6, 6.07) is 0. The van der Waals surface area contributed by atoms with Gasteiger partial charge in [0, 0.05) is 33.8 Å². The van der Waals surface area contributed by atoms with Crippen molar-refractivity contribution in [3.63, 3.8) is 0 Å². The van der Waals surface area contributed by atoms with Crippen LogP contribution < -0.4 is 0 Å². The maximum atomic E-state index is 8.28. The van der Waals surface area contributed by atoms with Crippen molar-refractivity contribution in [2.75, 3.05) is 0 Å². The molecule has 0 aliphatic rings. The summed E-state index contributed by atoms with van der Waals surface area (Å²) in [7, 11) is 0. The van der Waals surface area contributed by atoms with Gasteiger partial charge in [0.25, 0.3) is 0 Å². The topological polar surface area (TPSA) is 17.1 Å². The van der Waals surface area contributed by atoms with Crippen LogP contribution in [0.25, 0.3) is 0 Å². The van der Waals surface area contributed by atoms with E-state index in [0.29, 0.717) is 16.2 Å². The maximum absolute atomic E-state index is 8.28. The molecule has 0 atom stereocenters. The van der Waals surface area contributed by atoms with E-state index < -0.39 is 0 Å². The molecular formula is HAlCoMnO. The molecule has 4 heteroatoms. The summed E-state index contributed by atoms with van der Waals surface area (Å²) in [5.41, 5.74) is 0. The Morgan fingerprint density at radius 1 is 1.25 bits per heavy atom. The van der Waals surface area contributed by atoms with Crippen LogP contribution in [0.5, 0.6) is 0 Å². The van der Waals surface area contributed by atoms with E-state index in [1.807, 2.05) is 0 Å². The van der Waals surface area contributed by atoms with E-state index in [1.165, 1.54) is 0 Å². The van der Waals surface area contributed by atoms with E-state index >= 15 is 0 Å². The number of rotatable bonds is 0. The minimum atomic E-state index is 0. The second-order valence-electron chi connectivity index (χ2n) is 0. The van der Waals surface area contributed by atoms with Crippen molar-refractivity contribution < 1.29 is 37.7 Å². The van der Waals surface area contributed by atoms with Crippen molar-refractivity contribution in [1.29, 1.82) is 0 Å². The van der Waals surface area contributed by atoms with E-state index in [1.54, 1.807) is 0 Å². The summed E-state index contributed by atoms with van der Waals surface area (Å²) in [6.07, 6.45) is 0. The molecule has 0 bridgehead atoms. The van der Waals surface area contributed by atoms with Gasteiger partial charge in [-0.15, -0.1) is 0 Å². The summed E-state index contributed by atoms with van der Waals surface area (Å²) in [5, 5.41) is 0. The molecule has 2 radical (unpaired) electrons. The van der Waals surface area contributed by atoms with Crippen LogP contribution in [0.2, 0.25) is 0 Å². The first-order valence-corrected chi connectivity index (χ1v) is 0.866. The first-order chi connectivity index (χ1) is 1.00. The predicted octanol–water partition coefficient (Wildman–Crippen LogP) is -0.772. The summed E-state index contributed by atoms with van der Waals surface area (Å²) < 4.78 is 8.28. The zero-order valence-corrected chi connectivity index (χ0v) is 5.46. The van der Waals surface area contributed by atoms with Crippen molar-refractivity contribution in [3.05, 3.63) is 0 Å². The molecule has 0 aliphatic carbocycles. The molecule has 0 fully saturated rings. The molecule has 0 unspecified atom stereocenters.